The summed E-state index contributed by atoms with van der Waals surface area (Å²) in [4.78, 5) is 5.69. The van der Waals surface area contributed by atoms with Crippen molar-refractivity contribution in [1.29, 1.82) is 0 Å². The maximum Gasteiger partial charge on any atom is 0.433 e. The lowest BCUT2D eigenvalue weighted by Gasteiger charge is -2.32. The molecule has 0 saturated heterocycles. The van der Waals surface area contributed by atoms with Crippen LogP contribution in [0.1, 0.15) is 30.7 Å². The Kier molecular flexibility index (Phi) is 4.96. The lowest BCUT2D eigenvalue weighted by molar-refractivity contribution is -0.141. The van der Waals surface area contributed by atoms with Gasteiger partial charge in [0, 0.05) is 41.3 Å². The summed E-state index contributed by atoms with van der Waals surface area (Å²) in [6.07, 6.45) is -1.27. The van der Waals surface area contributed by atoms with Gasteiger partial charge in [0.25, 0.3) is 0 Å². The van der Waals surface area contributed by atoms with Crippen LogP contribution < -0.4 is 4.90 Å². The molecule has 0 aliphatic carbocycles. The molecule has 1 aromatic heterocycles. The van der Waals surface area contributed by atoms with Gasteiger partial charge in [-0.05, 0) is 29.2 Å². The summed E-state index contributed by atoms with van der Waals surface area (Å²) in [5, 5.41) is 0. The van der Waals surface area contributed by atoms with Crippen LogP contribution in [0.15, 0.2) is 67.5 Å². The van der Waals surface area contributed by atoms with Crippen LogP contribution in [0.3, 0.4) is 0 Å². The SMILES string of the molecule is C=C(C1=CN(CC(C)C)c2ccccc2C1=C)c1ccc(C(F)(F)F)nc1. The van der Waals surface area contributed by atoms with Crippen LogP contribution in [-0.4, -0.2) is 11.5 Å². The maximum atomic E-state index is 12.8. The van der Waals surface area contributed by atoms with Gasteiger partial charge in [0.2, 0.25) is 0 Å². The van der Waals surface area contributed by atoms with E-state index in [1.54, 1.807) is 0 Å². The number of allylic oxidation sites excluding steroid dienone is 3. The molecule has 0 bridgehead atoms. The van der Waals surface area contributed by atoms with E-state index < -0.39 is 11.9 Å². The average molecular weight is 370 g/mol. The van der Waals surface area contributed by atoms with Crippen molar-refractivity contribution >= 4 is 16.8 Å². The Bertz CT molecular complexity index is 906. The first-order chi connectivity index (χ1) is 12.7. The predicted molar refractivity (Wildman–Crippen MR) is 104 cm³/mol. The minimum Gasteiger partial charge on any atom is -0.347 e. The number of halogens is 3. The van der Waals surface area contributed by atoms with Gasteiger partial charge in [-0.25, -0.2) is 0 Å². The molecule has 2 heterocycles. The third-order valence-electron chi connectivity index (χ3n) is 4.44. The van der Waals surface area contributed by atoms with Crippen molar-refractivity contribution in [3.05, 3.63) is 84.3 Å². The molecule has 1 aromatic carbocycles. The number of benzene rings is 1. The highest BCUT2D eigenvalue weighted by atomic mass is 19.4. The average Bonchev–Trinajstić information content (AvgIpc) is 2.62. The van der Waals surface area contributed by atoms with Gasteiger partial charge in [-0.3, -0.25) is 4.98 Å². The lowest BCUT2D eigenvalue weighted by Crippen LogP contribution is -2.26. The van der Waals surface area contributed by atoms with Crippen molar-refractivity contribution in [2.75, 3.05) is 11.4 Å². The molecule has 0 N–H and O–H groups in total. The zero-order valence-corrected chi connectivity index (χ0v) is 15.3. The van der Waals surface area contributed by atoms with E-state index in [0.717, 1.165) is 35.0 Å². The van der Waals surface area contributed by atoms with Crippen LogP contribution in [0, 0.1) is 5.92 Å². The number of hydrogen-bond acceptors (Lipinski definition) is 2. The molecule has 2 aromatic rings. The molecule has 5 heteroatoms. The molecule has 27 heavy (non-hydrogen) atoms. The lowest BCUT2D eigenvalue weighted by atomic mass is 9.88. The number of aromatic nitrogens is 1. The van der Waals surface area contributed by atoms with E-state index >= 15 is 0 Å². The number of pyridine rings is 1. The summed E-state index contributed by atoms with van der Waals surface area (Å²) in [5.74, 6) is 0.433. The molecule has 0 spiro atoms. The molecule has 2 nitrogen and oxygen atoms in total. The Hall–Kier alpha value is -2.82. The summed E-state index contributed by atoms with van der Waals surface area (Å²) in [6, 6.07) is 10.3. The summed E-state index contributed by atoms with van der Waals surface area (Å²) >= 11 is 0. The Morgan fingerprint density at radius 1 is 1.15 bits per heavy atom. The standard InChI is InChI=1S/C22H21F3N2/c1-14(2)12-27-13-19(16(4)18-7-5-6-8-20(18)27)15(3)17-9-10-21(26-11-17)22(23,24)25/h5-11,13-14H,3-4,12H2,1-2H3. The van der Waals surface area contributed by atoms with Crippen molar-refractivity contribution in [2.45, 2.75) is 20.0 Å². The largest absolute Gasteiger partial charge is 0.433 e. The fourth-order valence-corrected chi connectivity index (χ4v) is 3.13. The van der Waals surface area contributed by atoms with Gasteiger partial charge in [-0.2, -0.15) is 13.2 Å². The van der Waals surface area contributed by atoms with E-state index in [9.17, 15) is 13.2 Å². The van der Waals surface area contributed by atoms with Gasteiger partial charge in [0.05, 0.1) is 0 Å². The van der Waals surface area contributed by atoms with Crippen molar-refractivity contribution < 1.29 is 13.2 Å². The normalized spacial score (nSPS) is 14.2. The number of rotatable bonds is 4. The van der Waals surface area contributed by atoms with E-state index in [0.29, 0.717) is 17.1 Å². The first-order valence-corrected chi connectivity index (χ1v) is 8.68. The summed E-state index contributed by atoms with van der Waals surface area (Å²) in [6.45, 7) is 13.4. The van der Waals surface area contributed by atoms with Crippen LogP contribution >= 0.6 is 0 Å². The fraction of sp³-hybridized carbons (Fsp3) is 0.227. The number of hydrogen-bond donors (Lipinski definition) is 0. The van der Waals surface area contributed by atoms with Gasteiger partial charge in [0.1, 0.15) is 5.69 Å². The van der Waals surface area contributed by atoms with Crippen LogP contribution in [0.5, 0.6) is 0 Å². The molecule has 0 fully saturated rings. The Morgan fingerprint density at radius 2 is 1.85 bits per heavy atom. The molecule has 0 amide bonds. The number of nitrogens with zero attached hydrogens (tertiary/aromatic N) is 2. The van der Waals surface area contributed by atoms with E-state index in [-0.39, 0.29) is 0 Å². The summed E-state index contributed by atoms with van der Waals surface area (Å²) in [7, 11) is 0. The number of fused-ring (bicyclic) bond motifs is 1. The van der Waals surface area contributed by atoms with Crippen molar-refractivity contribution in [2.24, 2.45) is 5.92 Å². The maximum absolute atomic E-state index is 12.8. The number of anilines is 1. The second kappa shape index (κ2) is 7.06. The van der Waals surface area contributed by atoms with E-state index in [1.165, 1.54) is 12.3 Å². The van der Waals surface area contributed by atoms with Gasteiger partial charge in [0.15, 0.2) is 0 Å². The molecule has 0 atom stereocenters. The van der Waals surface area contributed by atoms with Crippen LogP contribution in [0.4, 0.5) is 18.9 Å². The first kappa shape index (κ1) is 19.0. The smallest absolute Gasteiger partial charge is 0.347 e. The van der Waals surface area contributed by atoms with Gasteiger partial charge in [-0.15, -0.1) is 0 Å². The second-order valence-electron chi connectivity index (χ2n) is 6.99. The molecule has 0 radical (unpaired) electrons. The Morgan fingerprint density at radius 3 is 2.44 bits per heavy atom. The highest BCUT2D eigenvalue weighted by Gasteiger charge is 2.32. The van der Waals surface area contributed by atoms with Crippen LogP contribution in [-0.2, 0) is 6.18 Å². The zero-order valence-electron chi connectivity index (χ0n) is 15.3. The predicted octanol–water partition coefficient (Wildman–Crippen LogP) is 6.19. The fourth-order valence-electron chi connectivity index (χ4n) is 3.13. The van der Waals surface area contributed by atoms with Crippen LogP contribution in [0.25, 0.3) is 11.1 Å². The Balaban J connectivity index is 1.98. The molecule has 0 saturated carbocycles. The minimum absolute atomic E-state index is 0.433. The summed E-state index contributed by atoms with van der Waals surface area (Å²) in [5.41, 5.74) is 3.90. The van der Waals surface area contributed by atoms with E-state index in [2.05, 4.69) is 36.9 Å². The number of alkyl halides is 3. The molecule has 1 aliphatic rings. The highest BCUT2D eigenvalue weighted by Crippen LogP contribution is 2.41. The van der Waals surface area contributed by atoms with Gasteiger partial charge >= 0.3 is 6.18 Å². The van der Waals surface area contributed by atoms with Crippen molar-refractivity contribution in [3.63, 3.8) is 0 Å². The first-order valence-electron chi connectivity index (χ1n) is 8.68. The Labute approximate surface area is 157 Å². The van der Waals surface area contributed by atoms with E-state index in [4.69, 9.17) is 0 Å². The summed E-state index contributed by atoms with van der Waals surface area (Å²) < 4.78 is 38.3. The topological polar surface area (TPSA) is 16.1 Å². The molecular formula is C22H21F3N2. The third kappa shape index (κ3) is 3.82. The second-order valence-corrected chi connectivity index (χ2v) is 6.99. The van der Waals surface area contributed by atoms with Gasteiger partial charge < -0.3 is 4.90 Å². The molecule has 3 rings (SSSR count). The highest BCUT2D eigenvalue weighted by molar-refractivity contribution is 6.01. The van der Waals surface area contributed by atoms with Crippen molar-refractivity contribution in [1.82, 2.24) is 4.98 Å². The molecular weight excluding hydrogens is 349 g/mol. The monoisotopic (exact) mass is 370 g/mol. The molecule has 140 valence electrons. The zero-order chi connectivity index (χ0) is 19.8. The van der Waals surface area contributed by atoms with Crippen LogP contribution in [0.2, 0.25) is 0 Å². The molecule has 1 aliphatic heterocycles. The van der Waals surface area contributed by atoms with Gasteiger partial charge in [-0.1, -0.05) is 51.3 Å². The minimum atomic E-state index is -4.46. The quantitative estimate of drug-likeness (QED) is 0.638. The van der Waals surface area contributed by atoms with Crippen molar-refractivity contribution in [3.8, 4) is 0 Å². The van der Waals surface area contributed by atoms with E-state index in [1.807, 2.05) is 30.5 Å². The third-order valence-corrected chi connectivity index (χ3v) is 4.44. The number of para-hydroxylation sites is 1. The molecule has 0 unspecified atom stereocenters.